The van der Waals surface area contributed by atoms with E-state index in [4.69, 9.17) is 0 Å². The van der Waals surface area contributed by atoms with E-state index in [9.17, 15) is 24.0 Å². The summed E-state index contributed by atoms with van der Waals surface area (Å²) in [6.07, 6.45) is 10.1. The van der Waals surface area contributed by atoms with Gasteiger partial charge in [-0.15, -0.1) is 6.58 Å². The molecule has 2 saturated heterocycles. The number of ketones is 1. The Morgan fingerprint density at radius 3 is 2.17 bits per heavy atom. The second kappa shape index (κ2) is 20.8. The van der Waals surface area contributed by atoms with Gasteiger partial charge in [0.25, 0.3) is 5.91 Å². The molecule has 0 spiro atoms. The van der Waals surface area contributed by atoms with E-state index in [2.05, 4.69) is 66.8 Å². The SMILES string of the molecule is C=CCNC(=O)C(=O)C(CCC)NC(=O)C1C(C)CCN1C(=O)C(NC(=O)NC(CN1CCCS1)C(C)(C)C)C1CCCCC1.CCC. The lowest BCUT2D eigenvalue weighted by Crippen LogP contribution is -2.61. The van der Waals surface area contributed by atoms with Crippen LogP contribution in [-0.4, -0.2) is 94.8 Å². The zero-order valence-corrected chi connectivity index (χ0v) is 31.5. The highest BCUT2D eigenvalue weighted by atomic mass is 32.2. The fourth-order valence-electron chi connectivity index (χ4n) is 6.57. The highest BCUT2D eigenvalue weighted by Gasteiger charge is 2.45. The standard InChI is InChI=1S/C33H56N6O5S.C3H8/c1-7-13-24(28(40)30(42)34-17-8-2)35-29(41)27-22(3)16-19-39(27)31(43)26(23-14-10-9-11-15-23)37-32(44)36-25(33(4,5)6)21-38-18-12-20-45-38;1-3-2/h8,22-27H,2,7,9-21H2,1,3-6H3,(H,34,42)(H,35,41)(H2,36,37,44);3H2,1-2H3. The maximum atomic E-state index is 14.3. The zero-order valence-electron chi connectivity index (χ0n) is 30.7. The van der Waals surface area contributed by atoms with Crippen LogP contribution in [0.25, 0.3) is 0 Å². The van der Waals surface area contributed by atoms with Crippen LogP contribution in [0.1, 0.15) is 113 Å². The Hall–Kier alpha value is -2.60. The molecule has 1 aliphatic carbocycles. The lowest BCUT2D eigenvalue weighted by Gasteiger charge is -2.37. The number of hydrogen-bond donors (Lipinski definition) is 4. The Bertz CT molecular complexity index is 1070. The molecule has 1 saturated carbocycles. The molecule has 12 heteroatoms. The fourth-order valence-corrected chi connectivity index (χ4v) is 7.60. The number of nitrogens with one attached hydrogen (secondary N) is 4. The van der Waals surface area contributed by atoms with Crippen molar-refractivity contribution in [2.24, 2.45) is 17.3 Å². The van der Waals surface area contributed by atoms with Crippen LogP contribution in [0.3, 0.4) is 0 Å². The molecule has 48 heavy (non-hydrogen) atoms. The van der Waals surface area contributed by atoms with Crippen molar-refractivity contribution in [1.29, 1.82) is 0 Å². The predicted octanol–water partition coefficient (Wildman–Crippen LogP) is 4.81. The third kappa shape index (κ3) is 12.7. The van der Waals surface area contributed by atoms with Crippen LogP contribution >= 0.6 is 11.9 Å². The maximum Gasteiger partial charge on any atom is 0.315 e. The normalized spacial score (nSPS) is 22.0. The van der Waals surface area contributed by atoms with Gasteiger partial charge >= 0.3 is 6.03 Å². The van der Waals surface area contributed by atoms with Gasteiger partial charge in [0.2, 0.25) is 17.6 Å². The summed E-state index contributed by atoms with van der Waals surface area (Å²) in [5.41, 5.74) is -0.187. The molecule has 0 aromatic carbocycles. The van der Waals surface area contributed by atoms with Crippen molar-refractivity contribution in [3.8, 4) is 0 Å². The summed E-state index contributed by atoms with van der Waals surface area (Å²) in [7, 11) is 0. The van der Waals surface area contributed by atoms with Crippen molar-refractivity contribution in [2.45, 2.75) is 137 Å². The van der Waals surface area contributed by atoms with Crippen LogP contribution in [0.4, 0.5) is 4.79 Å². The van der Waals surface area contributed by atoms with Crippen molar-refractivity contribution in [3.05, 3.63) is 12.7 Å². The van der Waals surface area contributed by atoms with Crippen LogP contribution < -0.4 is 21.3 Å². The monoisotopic (exact) mass is 692 g/mol. The van der Waals surface area contributed by atoms with Gasteiger partial charge in [-0.2, -0.15) is 0 Å². The number of amides is 5. The molecule has 3 fully saturated rings. The molecule has 3 aliphatic rings. The number of rotatable bonds is 14. The molecule has 0 aromatic rings. The summed E-state index contributed by atoms with van der Waals surface area (Å²) >= 11 is 1.80. The fraction of sp³-hybridized carbons (Fsp3) is 0.806. The van der Waals surface area contributed by atoms with E-state index >= 15 is 0 Å². The number of Topliss-reactive ketones (excluding diaryl/α,β-unsaturated/α-hetero) is 1. The van der Waals surface area contributed by atoms with E-state index in [0.29, 0.717) is 25.8 Å². The number of likely N-dealkylation sites (tertiary alicyclic amines) is 1. The van der Waals surface area contributed by atoms with Crippen LogP contribution in [0.5, 0.6) is 0 Å². The number of carbonyl (C=O) groups excluding carboxylic acids is 5. The highest BCUT2D eigenvalue weighted by Crippen LogP contribution is 2.31. The van der Waals surface area contributed by atoms with Crippen LogP contribution in [0.15, 0.2) is 12.7 Å². The molecular weight excluding hydrogens is 628 g/mol. The zero-order chi connectivity index (χ0) is 35.9. The Kier molecular flexibility index (Phi) is 18.0. The number of hydrogen-bond acceptors (Lipinski definition) is 7. The molecule has 2 aliphatic heterocycles. The van der Waals surface area contributed by atoms with Gasteiger partial charge in [0.15, 0.2) is 0 Å². The Balaban J connectivity index is 0.00000257. The first-order valence-corrected chi connectivity index (χ1v) is 19.2. The van der Waals surface area contributed by atoms with Crippen molar-refractivity contribution in [3.63, 3.8) is 0 Å². The second-order valence-electron chi connectivity index (χ2n) is 14.6. The van der Waals surface area contributed by atoms with Gasteiger partial charge in [-0.3, -0.25) is 19.2 Å². The average molecular weight is 693 g/mol. The molecule has 5 unspecified atom stereocenters. The van der Waals surface area contributed by atoms with Gasteiger partial charge in [0.1, 0.15) is 12.1 Å². The first-order valence-electron chi connectivity index (χ1n) is 18.3. The number of carbonyl (C=O) groups is 5. The van der Waals surface area contributed by atoms with Crippen LogP contribution in [0, 0.1) is 17.3 Å². The predicted molar refractivity (Wildman–Crippen MR) is 194 cm³/mol. The van der Waals surface area contributed by atoms with E-state index in [-0.39, 0.29) is 41.8 Å². The summed E-state index contributed by atoms with van der Waals surface area (Å²) in [6, 6.07) is -3.03. The third-order valence-corrected chi connectivity index (χ3v) is 10.5. The molecule has 3 rings (SSSR count). The number of nitrogens with zero attached hydrogens (tertiary/aromatic N) is 2. The summed E-state index contributed by atoms with van der Waals surface area (Å²) in [6.45, 7) is 20.2. The van der Waals surface area contributed by atoms with Crippen LogP contribution in [-0.2, 0) is 19.2 Å². The van der Waals surface area contributed by atoms with E-state index in [1.54, 1.807) is 16.8 Å². The Morgan fingerprint density at radius 2 is 1.60 bits per heavy atom. The van der Waals surface area contributed by atoms with E-state index < -0.39 is 35.7 Å². The van der Waals surface area contributed by atoms with Gasteiger partial charge in [0.05, 0.1) is 6.04 Å². The van der Waals surface area contributed by atoms with E-state index in [0.717, 1.165) is 57.4 Å². The second-order valence-corrected chi connectivity index (χ2v) is 15.8. The minimum Gasteiger partial charge on any atom is -0.346 e. The first kappa shape index (κ1) is 41.6. The molecular formula is C36H64N6O5S. The van der Waals surface area contributed by atoms with Crippen LogP contribution in [0.2, 0.25) is 0 Å². The number of urea groups is 1. The molecule has 11 nitrogen and oxygen atoms in total. The van der Waals surface area contributed by atoms with Crippen molar-refractivity contribution >= 4 is 41.5 Å². The van der Waals surface area contributed by atoms with E-state index in [1.165, 1.54) is 12.5 Å². The van der Waals surface area contributed by atoms with Gasteiger partial charge in [-0.05, 0) is 49.4 Å². The van der Waals surface area contributed by atoms with Gasteiger partial charge < -0.3 is 26.2 Å². The smallest absolute Gasteiger partial charge is 0.315 e. The topological polar surface area (TPSA) is 140 Å². The largest absolute Gasteiger partial charge is 0.346 e. The molecule has 274 valence electrons. The molecule has 5 amide bonds. The molecule has 0 radical (unpaired) electrons. The van der Waals surface area contributed by atoms with Gasteiger partial charge in [-0.1, -0.05) is 98.6 Å². The summed E-state index contributed by atoms with van der Waals surface area (Å²) in [5, 5.41) is 11.5. The average Bonchev–Trinajstić information content (AvgIpc) is 3.71. The maximum absolute atomic E-state index is 14.3. The summed E-state index contributed by atoms with van der Waals surface area (Å²) in [5.74, 6) is -1.28. The minimum atomic E-state index is -0.988. The van der Waals surface area contributed by atoms with E-state index in [1.807, 2.05) is 13.8 Å². The summed E-state index contributed by atoms with van der Waals surface area (Å²) < 4.78 is 2.30. The molecule has 0 aromatic heterocycles. The summed E-state index contributed by atoms with van der Waals surface area (Å²) in [4.78, 5) is 68.5. The Morgan fingerprint density at radius 1 is 0.938 bits per heavy atom. The third-order valence-electron chi connectivity index (χ3n) is 9.33. The van der Waals surface area contributed by atoms with Crippen molar-refractivity contribution in [2.75, 3.05) is 31.9 Å². The molecule has 4 N–H and O–H groups in total. The van der Waals surface area contributed by atoms with Crippen molar-refractivity contribution in [1.82, 2.24) is 30.5 Å². The van der Waals surface area contributed by atoms with Crippen molar-refractivity contribution < 1.29 is 24.0 Å². The lowest BCUT2D eigenvalue weighted by atomic mass is 9.83. The first-order chi connectivity index (χ1) is 22.8. The quantitative estimate of drug-likeness (QED) is 0.116. The highest BCUT2D eigenvalue weighted by molar-refractivity contribution is 7.97. The lowest BCUT2D eigenvalue weighted by molar-refractivity contribution is -0.144. The minimum absolute atomic E-state index is 0.0261. The van der Waals surface area contributed by atoms with Gasteiger partial charge in [0, 0.05) is 38.0 Å². The Labute approximate surface area is 294 Å². The van der Waals surface area contributed by atoms with Gasteiger partial charge in [-0.25, -0.2) is 9.10 Å². The molecule has 5 atom stereocenters. The molecule has 2 heterocycles. The molecule has 0 bridgehead atoms.